The Bertz CT molecular complexity index is 1310. The molecule has 0 radical (unpaired) electrons. The highest BCUT2D eigenvalue weighted by Gasteiger charge is 2.73. The number of hydrogen-bond acceptors (Lipinski definition) is 4. The van der Waals surface area contributed by atoms with Crippen molar-refractivity contribution >= 4 is 15.7 Å². The van der Waals surface area contributed by atoms with Crippen molar-refractivity contribution in [1.82, 2.24) is 5.32 Å². The van der Waals surface area contributed by atoms with Gasteiger partial charge in [0.1, 0.15) is 10.6 Å². The molecule has 40 heavy (non-hydrogen) atoms. The highest BCUT2D eigenvalue weighted by molar-refractivity contribution is 7.92. The molecular formula is C26H25F8NO4S. The molecule has 0 aromatic heterocycles. The summed E-state index contributed by atoms with van der Waals surface area (Å²) in [5.74, 6) is -2.05. The summed E-state index contributed by atoms with van der Waals surface area (Å²) in [6.07, 6.45) is -12.1. The fraction of sp³-hybridized carbons (Fsp3) is 0.500. The second-order valence-corrected chi connectivity index (χ2v) is 12.3. The predicted molar refractivity (Wildman–Crippen MR) is 126 cm³/mol. The molecule has 0 bridgehead atoms. The number of nitrogens with one attached hydrogen (secondary N) is 1. The van der Waals surface area contributed by atoms with Crippen molar-refractivity contribution in [2.75, 3.05) is 13.2 Å². The van der Waals surface area contributed by atoms with Gasteiger partial charge in [-0.25, -0.2) is 17.2 Å². The normalized spacial score (nSPS) is 23.2. The van der Waals surface area contributed by atoms with Crippen molar-refractivity contribution in [2.45, 2.75) is 65.8 Å². The zero-order chi connectivity index (χ0) is 29.6. The highest BCUT2D eigenvalue weighted by atomic mass is 32.2. The van der Waals surface area contributed by atoms with E-state index in [1.807, 2.05) is 0 Å². The first-order valence-corrected chi connectivity index (χ1v) is 13.8. The van der Waals surface area contributed by atoms with E-state index < -0.39 is 55.8 Å². The molecule has 1 N–H and O–H groups in total. The number of hydrogen-bond donors (Lipinski definition) is 1. The zero-order valence-corrected chi connectivity index (χ0v) is 21.6. The van der Waals surface area contributed by atoms with Crippen molar-refractivity contribution in [1.29, 1.82) is 0 Å². The molecule has 220 valence electrons. The highest BCUT2D eigenvalue weighted by Crippen LogP contribution is 2.55. The van der Waals surface area contributed by atoms with Crippen molar-refractivity contribution in [2.24, 2.45) is 5.92 Å². The number of carbonyl (C=O) groups is 1. The van der Waals surface area contributed by atoms with Crippen LogP contribution in [0.4, 0.5) is 35.1 Å². The van der Waals surface area contributed by atoms with Crippen LogP contribution in [0.2, 0.25) is 0 Å². The fourth-order valence-electron chi connectivity index (χ4n) is 5.39. The molecule has 1 aliphatic carbocycles. The van der Waals surface area contributed by atoms with Crippen molar-refractivity contribution in [3.8, 4) is 0 Å². The molecule has 2 atom stereocenters. The standard InChI is InChI=1S/C26H25F8NO4S/c27-19-5-7-21(8-6-19)40(37,38)23(12-9-16(15-23)22(36)35-20-10-13-39-14-11-20)17-1-3-18(4-2-17)24(28,25(29,30)31)26(32,33)34/h1-8,16,20H,9-15H2,(H,35,36)/t16-,23-/m0/s1. The molecule has 4 rings (SSSR count). The number of ether oxygens (including phenoxy) is 1. The van der Waals surface area contributed by atoms with Crippen LogP contribution in [-0.4, -0.2) is 45.9 Å². The third-order valence-corrected chi connectivity index (χ3v) is 10.2. The lowest BCUT2D eigenvalue weighted by Crippen LogP contribution is -2.50. The maximum atomic E-state index is 14.6. The molecule has 0 unspecified atom stereocenters. The van der Waals surface area contributed by atoms with Gasteiger partial charge in [0, 0.05) is 30.7 Å². The van der Waals surface area contributed by atoms with E-state index in [-0.39, 0.29) is 47.9 Å². The summed E-state index contributed by atoms with van der Waals surface area (Å²) in [7, 11) is -4.48. The van der Waals surface area contributed by atoms with Crippen LogP contribution in [0, 0.1) is 11.7 Å². The number of benzene rings is 2. The Morgan fingerprint density at radius 3 is 1.93 bits per heavy atom. The van der Waals surface area contributed by atoms with E-state index in [0.717, 1.165) is 24.3 Å². The first-order chi connectivity index (χ1) is 18.5. The van der Waals surface area contributed by atoms with Gasteiger partial charge in [0.2, 0.25) is 5.91 Å². The van der Waals surface area contributed by atoms with Crippen LogP contribution in [0.15, 0.2) is 53.4 Å². The topological polar surface area (TPSA) is 72.5 Å². The summed E-state index contributed by atoms with van der Waals surface area (Å²) in [6, 6.07) is 5.47. The molecule has 2 aliphatic rings. The Kier molecular flexibility index (Phi) is 8.00. The van der Waals surface area contributed by atoms with Gasteiger partial charge in [0.15, 0.2) is 9.84 Å². The number of rotatable bonds is 6. The summed E-state index contributed by atoms with van der Waals surface area (Å²) >= 11 is 0. The third kappa shape index (κ3) is 5.19. The minimum Gasteiger partial charge on any atom is -0.381 e. The molecule has 1 aliphatic heterocycles. The second-order valence-electron chi connectivity index (χ2n) is 10.0. The maximum Gasteiger partial charge on any atom is 0.435 e. The largest absolute Gasteiger partial charge is 0.435 e. The maximum absolute atomic E-state index is 14.6. The van der Waals surface area contributed by atoms with Gasteiger partial charge >= 0.3 is 18.0 Å². The lowest BCUT2D eigenvalue weighted by molar-refractivity contribution is -0.348. The van der Waals surface area contributed by atoms with Gasteiger partial charge in [-0.05, 0) is 61.9 Å². The molecule has 2 aromatic carbocycles. The zero-order valence-electron chi connectivity index (χ0n) is 20.8. The summed E-state index contributed by atoms with van der Waals surface area (Å²) < 4.78 is 139. The lowest BCUT2D eigenvalue weighted by atomic mass is 9.89. The Balaban J connectivity index is 1.75. The van der Waals surface area contributed by atoms with Gasteiger partial charge in [0.05, 0.1) is 4.90 Å². The second kappa shape index (κ2) is 10.6. The molecule has 0 spiro atoms. The summed E-state index contributed by atoms with van der Waals surface area (Å²) in [6.45, 7) is 0.855. The van der Waals surface area contributed by atoms with E-state index in [2.05, 4.69) is 5.32 Å². The van der Waals surface area contributed by atoms with E-state index in [4.69, 9.17) is 4.74 Å². The van der Waals surface area contributed by atoms with Crippen LogP contribution >= 0.6 is 0 Å². The number of halogens is 8. The van der Waals surface area contributed by atoms with E-state index in [1.165, 1.54) is 0 Å². The first kappa shape index (κ1) is 30.2. The van der Waals surface area contributed by atoms with E-state index in [1.54, 1.807) is 0 Å². The lowest BCUT2D eigenvalue weighted by Gasteiger charge is -2.33. The van der Waals surface area contributed by atoms with Gasteiger partial charge in [-0.15, -0.1) is 0 Å². The van der Waals surface area contributed by atoms with Gasteiger partial charge in [-0.2, -0.15) is 26.3 Å². The Hall–Kier alpha value is -2.74. The number of alkyl halides is 7. The summed E-state index contributed by atoms with van der Waals surface area (Å²) in [4.78, 5) is 12.7. The Labute approximate surface area is 224 Å². The Morgan fingerprint density at radius 1 is 0.850 bits per heavy atom. The van der Waals surface area contributed by atoms with E-state index in [0.29, 0.717) is 38.2 Å². The smallest absolute Gasteiger partial charge is 0.381 e. The number of carbonyl (C=O) groups excluding carboxylic acids is 1. The van der Waals surface area contributed by atoms with Crippen LogP contribution < -0.4 is 5.32 Å². The van der Waals surface area contributed by atoms with Crippen molar-refractivity contribution < 1.29 is 53.1 Å². The van der Waals surface area contributed by atoms with Crippen LogP contribution in [-0.2, 0) is 29.8 Å². The van der Waals surface area contributed by atoms with E-state index >= 15 is 0 Å². The molecule has 1 amide bonds. The van der Waals surface area contributed by atoms with E-state index in [9.17, 15) is 48.3 Å². The van der Waals surface area contributed by atoms with Crippen LogP contribution in [0.25, 0.3) is 0 Å². The van der Waals surface area contributed by atoms with Crippen molar-refractivity contribution in [3.63, 3.8) is 0 Å². The molecule has 2 fully saturated rings. The molecule has 1 saturated carbocycles. The SMILES string of the molecule is O=C(NC1CCOCC1)[C@H]1CC[C@](c2ccc(C(F)(C(F)(F)F)C(F)(F)F)cc2)(S(=O)(=O)c2ccc(F)cc2)C1. The minimum absolute atomic E-state index is 0.0371. The third-order valence-electron chi connectivity index (χ3n) is 7.64. The van der Waals surface area contributed by atoms with Crippen LogP contribution in [0.3, 0.4) is 0 Å². The first-order valence-electron chi connectivity index (χ1n) is 12.3. The monoisotopic (exact) mass is 599 g/mol. The van der Waals surface area contributed by atoms with Crippen molar-refractivity contribution in [3.05, 3.63) is 65.5 Å². The average molecular weight is 600 g/mol. The Morgan fingerprint density at radius 2 is 1.40 bits per heavy atom. The predicted octanol–water partition coefficient (Wildman–Crippen LogP) is 5.88. The number of sulfone groups is 1. The number of amides is 1. The molecule has 5 nitrogen and oxygen atoms in total. The quantitative estimate of drug-likeness (QED) is 0.333. The van der Waals surface area contributed by atoms with Crippen LogP contribution in [0.5, 0.6) is 0 Å². The fourth-order valence-corrected chi connectivity index (χ4v) is 7.59. The summed E-state index contributed by atoms with van der Waals surface area (Å²) in [5, 5.41) is 2.85. The van der Waals surface area contributed by atoms with Gasteiger partial charge < -0.3 is 10.1 Å². The average Bonchev–Trinajstić information content (AvgIpc) is 3.36. The molecule has 14 heteroatoms. The van der Waals surface area contributed by atoms with Gasteiger partial charge in [-0.3, -0.25) is 4.79 Å². The van der Waals surface area contributed by atoms with Crippen LogP contribution in [0.1, 0.15) is 43.2 Å². The summed E-state index contributed by atoms with van der Waals surface area (Å²) in [5.41, 5.74) is -7.67. The minimum atomic E-state index is -6.34. The molecular weight excluding hydrogens is 574 g/mol. The molecule has 1 saturated heterocycles. The molecule has 1 heterocycles. The van der Waals surface area contributed by atoms with Gasteiger partial charge in [-0.1, -0.05) is 24.3 Å². The molecule has 2 aromatic rings. The van der Waals surface area contributed by atoms with Gasteiger partial charge in [0.25, 0.3) is 0 Å².